The topological polar surface area (TPSA) is 88.1 Å². The first-order valence-corrected chi connectivity index (χ1v) is 11.0. The molecule has 2 rings (SSSR count). The van der Waals surface area contributed by atoms with E-state index < -0.39 is 22.5 Å². The molecule has 0 fully saturated rings. The SMILES string of the molecule is COc1ccc(S(=O)(=O)N(CC(=O)N/N=C(/C)C(C)(C)C)c2ccc(Cl)cc2)cc1. The number of nitrogens with zero attached hydrogens (tertiary/aromatic N) is 2. The minimum Gasteiger partial charge on any atom is -0.497 e. The van der Waals surface area contributed by atoms with Gasteiger partial charge in [0.05, 0.1) is 17.7 Å². The van der Waals surface area contributed by atoms with Crippen molar-refractivity contribution in [1.29, 1.82) is 0 Å². The first kappa shape index (κ1) is 23.7. The zero-order valence-electron chi connectivity index (χ0n) is 17.6. The second-order valence-corrected chi connectivity index (χ2v) is 9.94. The van der Waals surface area contributed by atoms with Gasteiger partial charge < -0.3 is 4.74 Å². The van der Waals surface area contributed by atoms with E-state index in [4.69, 9.17) is 16.3 Å². The van der Waals surface area contributed by atoms with Crippen LogP contribution in [0, 0.1) is 5.41 Å². The van der Waals surface area contributed by atoms with Gasteiger partial charge >= 0.3 is 0 Å². The minimum atomic E-state index is -4.03. The molecule has 0 spiro atoms. The predicted molar refractivity (Wildman–Crippen MR) is 120 cm³/mol. The van der Waals surface area contributed by atoms with Gasteiger partial charge in [-0.15, -0.1) is 0 Å². The number of methoxy groups -OCH3 is 1. The number of hydrogen-bond donors (Lipinski definition) is 1. The highest BCUT2D eigenvalue weighted by Gasteiger charge is 2.27. The molecule has 30 heavy (non-hydrogen) atoms. The molecule has 0 aromatic heterocycles. The molecule has 0 unspecified atom stereocenters. The number of carbonyl (C=O) groups excluding carboxylic acids is 1. The number of rotatable bonds is 7. The van der Waals surface area contributed by atoms with Crippen LogP contribution in [-0.4, -0.2) is 33.7 Å². The zero-order valence-corrected chi connectivity index (χ0v) is 19.2. The highest BCUT2D eigenvalue weighted by atomic mass is 35.5. The van der Waals surface area contributed by atoms with Crippen molar-refractivity contribution in [2.24, 2.45) is 10.5 Å². The van der Waals surface area contributed by atoms with E-state index >= 15 is 0 Å². The minimum absolute atomic E-state index is 0.0282. The molecule has 0 aliphatic rings. The van der Waals surface area contributed by atoms with Crippen molar-refractivity contribution in [3.8, 4) is 5.75 Å². The molecule has 2 aromatic rings. The average Bonchev–Trinajstić information content (AvgIpc) is 2.70. The molecule has 0 saturated carbocycles. The Hall–Kier alpha value is -2.58. The van der Waals surface area contributed by atoms with E-state index in [0.29, 0.717) is 22.2 Å². The van der Waals surface area contributed by atoms with Crippen LogP contribution >= 0.6 is 11.6 Å². The third kappa shape index (κ3) is 5.96. The summed E-state index contributed by atoms with van der Waals surface area (Å²) in [5.41, 5.74) is 3.24. The summed E-state index contributed by atoms with van der Waals surface area (Å²) in [6, 6.07) is 12.2. The summed E-state index contributed by atoms with van der Waals surface area (Å²) in [5, 5.41) is 4.55. The van der Waals surface area contributed by atoms with Crippen molar-refractivity contribution in [3.05, 3.63) is 53.6 Å². The number of nitrogens with one attached hydrogen (secondary N) is 1. The lowest BCUT2D eigenvalue weighted by molar-refractivity contribution is -0.119. The second-order valence-electron chi connectivity index (χ2n) is 7.65. The van der Waals surface area contributed by atoms with Crippen molar-refractivity contribution in [2.45, 2.75) is 32.6 Å². The molecule has 9 heteroatoms. The lowest BCUT2D eigenvalue weighted by atomic mass is 9.91. The van der Waals surface area contributed by atoms with E-state index in [1.807, 2.05) is 20.8 Å². The Morgan fingerprint density at radius 3 is 2.17 bits per heavy atom. The van der Waals surface area contributed by atoms with Crippen molar-refractivity contribution in [3.63, 3.8) is 0 Å². The number of ether oxygens (including phenoxy) is 1. The number of hydrogen-bond acceptors (Lipinski definition) is 5. The van der Waals surface area contributed by atoms with Crippen LogP contribution in [0.25, 0.3) is 0 Å². The van der Waals surface area contributed by atoms with Gasteiger partial charge in [0.2, 0.25) is 0 Å². The number of benzene rings is 2. The van der Waals surface area contributed by atoms with Crippen LogP contribution in [0.2, 0.25) is 5.02 Å². The molecule has 1 amide bonds. The summed E-state index contributed by atoms with van der Waals surface area (Å²) in [6.07, 6.45) is 0. The van der Waals surface area contributed by atoms with Crippen molar-refractivity contribution in [2.75, 3.05) is 18.0 Å². The van der Waals surface area contributed by atoms with Gasteiger partial charge in [-0.2, -0.15) is 5.10 Å². The molecule has 2 aromatic carbocycles. The first-order valence-electron chi connectivity index (χ1n) is 9.21. The highest BCUT2D eigenvalue weighted by molar-refractivity contribution is 7.92. The van der Waals surface area contributed by atoms with E-state index in [0.717, 1.165) is 4.31 Å². The zero-order chi connectivity index (χ0) is 22.5. The van der Waals surface area contributed by atoms with Gasteiger partial charge in [-0.1, -0.05) is 32.4 Å². The quantitative estimate of drug-likeness (QED) is 0.507. The Morgan fingerprint density at radius 2 is 1.67 bits per heavy atom. The summed E-state index contributed by atoms with van der Waals surface area (Å²) in [5.74, 6) is -0.0395. The number of carbonyl (C=O) groups is 1. The smallest absolute Gasteiger partial charge is 0.264 e. The largest absolute Gasteiger partial charge is 0.497 e. The monoisotopic (exact) mass is 451 g/mol. The van der Waals surface area contributed by atoms with Crippen molar-refractivity contribution >= 4 is 38.9 Å². The molecule has 0 aliphatic carbocycles. The number of amides is 1. The van der Waals surface area contributed by atoms with Gasteiger partial charge in [-0.3, -0.25) is 9.10 Å². The van der Waals surface area contributed by atoms with Gasteiger partial charge in [0.25, 0.3) is 15.9 Å². The van der Waals surface area contributed by atoms with Gasteiger partial charge in [-0.05, 0) is 55.5 Å². The molecule has 1 N–H and O–H groups in total. The van der Waals surface area contributed by atoms with E-state index in [2.05, 4.69) is 10.5 Å². The Bertz CT molecular complexity index is 1010. The van der Waals surface area contributed by atoms with Gasteiger partial charge in [0.1, 0.15) is 12.3 Å². The average molecular weight is 452 g/mol. The molecule has 0 aliphatic heterocycles. The maximum Gasteiger partial charge on any atom is 0.264 e. The maximum atomic E-state index is 13.3. The van der Waals surface area contributed by atoms with Crippen LogP contribution in [-0.2, 0) is 14.8 Å². The fourth-order valence-corrected chi connectivity index (χ4v) is 3.82. The Kier molecular flexibility index (Phi) is 7.49. The third-order valence-electron chi connectivity index (χ3n) is 4.48. The summed E-state index contributed by atoms with van der Waals surface area (Å²) in [6.45, 7) is 7.24. The predicted octanol–water partition coefficient (Wildman–Crippen LogP) is 4.08. The van der Waals surface area contributed by atoms with Crippen molar-refractivity contribution in [1.82, 2.24) is 5.43 Å². The molecular formula is C21H26ClN3O4S. The fraction of sp³-hybridized carbons (Fsp3) is 0.333. The molecule has 0 bridgehead atoms. The van der Waals surface area contributed by atoms with Gasteiger partial charge in [-0.25, -0.2) is 13.8 Å². The van der Waals surface area contributed by atoms with Gasteiger partial charge in [0.15, 0.2) is 0 Å². The molecule has 0 heterocycles. The Balaban J connectivity index is 2.37. The Morgan fingerprint density at radius 1 is 1.10 bits per heavy atom. The molecule has 0 radical (unpaired) electrons. The fourth-order valence-electron chi connectivity index (χ4n) is 2.28. The van der Waals surface area contributed by atoms with Crippen LogP contribution in [0.3, 0.4) is 0 Å². The molecule has 0 saturated heterocycles. The van der Waals surface area contributed by atoms with E-state index in [-0.39, 0.29) is 10.3 Å². The second kappa shape index (κ2) is 9.49. The van der Waals surface area contributed by atoms with Crippen LogP contribution in [0.5, 0.6) is 5.75 Å². The lowest BCUT2D eigenvalue weighted by Gasteiger charge is -2.24. The molecule has 7 nitrogen and oxygen atoms in total. The Labute approximate surface area is 182 Å². The van der Waals surface area contributed by atoms with Crippen LogP contribution in [0.15, 0.2) is 58.5 Å². The first-order chi connectivity index (χ1) is 13.9. The van der Waals surface area contributed by atoms with Gasteiger partial charge in [0, 0.05) is 16.1 Å². The summed E-state index contributed by atoms with van der Waals surface area (Å²) >= 11 is 5.94. The molecular weight excluding hydrogens is 426 g/mol. The number of hydrazone groups is 1. The normalized spacial score (nSPS) is 12.4. The third-order valence-corrected chi connectivity index (χ3v) is 6.52. The number of anilines is 1. The van der Waals surface area contributed by atoms with Crippen LogP contribution in [0.1, 0.15) is 27.7 Å². The maximum absolute atomic E-state index is 13.3. The molecule has 0 atom stereocenters. The van der Waals surface area contributed by atoms with E-state index in [9.17, 15) is 13.2 Å². The highest BCUT2D eigenvalue weighted by Crippen LogP contribution is 2.26. The molecule has 162 valence electrons. The van der Waals surface area contributed by atoms with Crippen LogP contribution in [0.4, 0.5) is 5.69 Å². The van der Waals surface area contributed by atoms with Crippen molar-refractivity contribution < 1.29 is 17.9 Å². The summed E-state index contributed by atoms with van der Waals surface area (Å²) in [7, 11) is -2.53. The van der Waals surface area contributed by atoms with E-state index in [1.54, 1.807) is 43.3 Å². The number of sulfonamides is 1. The standard InChI is InChI=1S/C21H26ClN3O4S/c1-15(21(2,3)4)23-24-20(26)14-25(17-8-6-16(22)7-9-17)30(27,28)19-12-10-18(29-5)11-13-19/h6-13H,14H2,1-5H3,(H,24,26)/b23-15-. The number of halogens is 1. The lowest BCUT2D eigenvalue weighted by Crippen LogP contribution is -2.40. The summed E-state index contributed by atoms with van der Waals surface area (Å²) < 4.78 is 32.7. The van der Waals surface area contributed by atoms with E-state index in [1.165, 1.54) is 19.2 Å². The van der Waals surface area contributed by atoms with Crippen LogP contribution < -0.4 is 14.5 Å². The summed E-state index contributed by atoms with van der Waals surface area (Å²) in [4.78, 5) is 12.6.